The molecule has 4 heterocycles. The summed E-state index contributed by atoms with van der Waals surface area (Å²) < 4.78 is 0. The molecule has 0 amide bonds. The summed E-state index contributed by atoms with van der Waals surface area (Å²) in [5.41, 5.74) is 7.05. The van der Waals surface area contributed by atoms with Crippen molar-refractivity contribution in [2.45, 2.75) is 38.5 Å². The Morgan fingerprint density at radius 1 is 0.447 bits per heavy atom. The van der Waals surface area contributed by atoms with E-state index in [0.717, 1.165) is 37.3 Å². The first-order valence-corrected chi connectivity index (χ1v) is 13.9. The molecule has 7 rings (SSSR count). The fraction of sp³-hybridized carbons (Fsp3) is 0.312. The van der Waals surface area contributed by atoms with Gasteiger partial charge in [0.1, 0.15) is 12.7 Å². The van der Waals surface area contributed by atoms with Crippen molar-refractivity contribution in [2.75, 3.05) is 36.0 Å². The molecule has 6 nitrogen and oxygen atoms in total. The maximum Gasteiger partial charge on any atom is 0.115 e. The van der Waals surface area contributed by atoms with Crippen LogP contribution in [0, 0.1) is 0 Å². The van der Waals surface area contributed by atoms with Crippen molar-refractivity contribution in [3.8, 4) is 22.3 Å². The molecule has 190 valence electrons. The predicted molar refractivity (Wildman–Crippen MR) is 156 cm³/mol. The van der Waals surface area contributed by atoms with Crippen LogP contribution in [0.2, 0.25) is 0 Å². The summed E-state index contributed by atoms with van der Waals surface area (Å²) in [7, 11) is 0. The lowest BCUT2D eigenvalue weighted by atomic mass is 9.86. The molecule has 2 saturated heterocycles. The molecule has 0 saturated carbocycles. The van der Waals surface area contributed by atoms with Gasteiger partial charge in [0.05, 0.1) is 0 Å². The first kappa shape index (κ1) is 23.1. The lowest BCUT2D eigenvalue weighted by Gasteiger charge is -2.30. The summed E-state index contributed by atoms with van der Waals surface area (Å²) in [4.78, 5) is 22.7. The average Bonchev–Trinajstić information content (AvgIpc) is 3.01. The minimum atomic E-state index is 1.04. The smallest absolute Gasteiger partial charge is 0.115 e. The van der Waals surface area contributed by atoms with Crippen LogP contribution in [0.3, 0.4) is 0 Å². The minimum Gasteiger partial charge on any atom is -0.372 e. The number of nitrogens with zero attached hydrogens (tertiary/aromatic N) is 6. The molecular formula is C32H32N6. The van der Waals surface area contributed by atoms with Crippen molar-refractivity contribution >= 4 is 32.9 Å². The second-order valence-electron chi connectivity index (χ2n) is 10.6. The van der Waals surface area contributed by atoms with E-state index in [-0.39, 0.29) is 0 Å². The Morgan fingerprint density at radius 2 is 0.842 bits per heavy atom. The second-order valence-corrected chi connectivity index (χ2v) is 10.6. The fourth-order valence-corrected chi connectivity index (χ4v) is 6.38. The lowest BCUT2D eigenvalue weighted by molar-refractivity contribution is 0.578. The molecule has 0 atom stereocenters. The number of hydrogen-bond donors (Lipinski definition) is 0. The van der Waals surface area contributed by atoms with Crippen molar-refractivity contribution in [1.29, 1.82) is 0 Å². The molecule has 2 aromatic heterocycles. The third-order valence-corrected chi connectivity index (χ3v) is 8.22. The predicted octanol–water partition coefficient (Wildman–Crippen LogP) is 6.89. The van der Waals surface area contributed by atoms with Crippen molar-refractivity contribution < 1.29 is 0 Å². The van der Waals surface area contributed by atoms with Gasteiger partial charge < -0.3 is 9.80 Å². The highest BCUT2D eigenvalue weighted by atomic mass is 15.1. The van der Waals surface area contributed by atoms with Crippen LogP contribution in [0.25, 0.3) is 43.8 Å². The van der Waals surface area contributed by atoms with Crippen LogP contribution < -0.4 is 9.80 Å². The number of piperidine rings is 2. The second kappa shape index (κ2) is 10.0. The van der Waals surface area contributed by atoms with Gasteiger partial charge in [0.15, 0.2) is 0 Å². The molecule has 5 aromatic rings. The quantitative estimate of drug-likeness (QED) is 0.251. The lowest BCUT2D eigenvalue weighted by Crippen LogP contribution is -2.29. The Kier molecular flexibility index (Phi) is 6.08. The van der Waals surface area contributed by atoms with Crippen LogP contribution in [0.1, 0.15) is 38.5 Å². The fourth-order valence-electron chi connectivity index (χ4n) is 6.38. The molecular weight excluding hydrogens is 468 g/mol. The molecule has 3 aromatic carbocycles. The maximum atomic E-state index is 4.41. The van der Waals surface area contributed by atoms with Gasteiger partial charge in [0, 0.05) is 84.6 Å². The van der Waals surface area contributed by atoms with Gasteiger partial charge in [-0.1, -0.05) is 12.1 Å². The van der Waals surface area contributed by atoms with E-state index in [2.05, 4.69) is 66.1 Å². The molecule has 0 aliphatic carbocycles. The molecule has 2 fully saturated rings. The van der Waals surface area contributed by atoms with Crippen LogP contribution in [-0.2, 0) is 0 Å². The Bertz CT molecular complexity index is 1450. The van der Waals surface area contributed by atoms with Gasteiger partial charge in [-0.25, -0.2) is 19.9 Å². The zero-order chi connectivity index (χ0) is 25.3. The average molecular weight is 501 g/mol. The van der Waals surface area contributed by atoms with Gasteiger partial charge >= 0.3 is 0 Å². The van der Waals surface area contributed by atoms with Crippen LogP contribution in [0.15, 0.2) is 73.8 Å². The first-order chi connectivity index (χ1) is 18.9. The Morgan fingerprint density at radius 3 is 1.24 bits per heavy atom. The summed E-state index contributed by atoms with van der Waals surface area (Å²) in [6, 6.07) is 14.0. The van der Waals surface area contributed by atoms with E-state index in [1.807, 2.05) is 24.8 Å². The Balaban J connectivity index is 1.55. The number of aromatic nitrogens is 4. The summed E-state index contributed by atoms with van der Waals surface area (Å²) >= 11 is 0. The summed E-state index contributed by atoms with van der Waals surface area (Å²) in [6.07, 6.45) is 18.6. The van der Waals surface area contributed by atoms with E-state index in [9.17, 15) is 0 Å². The highest BCUT2D eigenvalue weighted by molar-refractivity contribution is 6.22. The minimum absolute atomic E-state index is 1.04. The van der Waals surface area contributed by atoms with E-state index >= 15 is 0 Å². The van der Waals surface area contributed by atoms with Gasteiger partial charge in [-0.15, -0.1) is 0 Å². The summed E-state index contributed by atoms with van der Waals surface area (Å²) in [6.45, 7) is 4.45. The zero-order valence-electron chi connectivity index (χ0n) is 21.7. The van der Waals surface area contributed by atoms with Crippen LogP contribution in [0.4, 0.5) is 11.4 Å². The van der Waals surface area contributed by atoms with E-state index in [1.165, 1.54) is 82.6 Å². The van der Waals surface area contributed by atoms with Crippen molar-refractivity contribution in [2.24, 2.45) is 0 Å². The van der Waals surface area contributed by atoms with E-state index < -0.39 is 0 Å². The van der Waals surface area contributed by atoms with E-state index in [1.54, 1.807) is 12.7 Å². The number of fused-ring (bicyclic) bond motifs is 2. The normalized spacial score (nSPS) is 16.3. The van der Waals surface area contributed by atoms with Crippen LogP contribution in [0.5, 0.6) is 0 Å². The number of hydrogen-bond acceptors (Lipinski definition) is 6. The topological polar surface area (TPSA) is 58.0 Å². The molecule has 2 aliphatic rings. The highest BCUT2D eigenvalue weighted by Crippen LogP contribution is 2.45. The number of benzene rings is 3. The summed E-state index contributed by atoms with van der Waals surface area (Å²) in [5.74, 6) is 0. The van der Waals surface area contributed by atoms with Gasteiger partial charge in [-0.3, -0.25) is 0 Å². The summed E-state index contributed by atoms with van der Waals surface area (Å²) in [5, 5.41) is 4.87. The van der Waals surface area contributed by atoms with E-state index in [0.29, 0.717) is 0 Å². The first-order valence-electron chi connectivity index (χ1n) is 13.9. The molecule has 6 heteroatoms. The van der Waals surface area contributed by atoms with Crippen LogP contribution in [-0.4, -0.2) is 46.1 Å². The molecule has 0 unspecified atom stereocenters. The third kappa shape index (κ3) is 4.14. The van der Waals surface area contributed by atoms with Crippen molar-refractivity contribution in [3.05, 3.63) is 73.8 Å². The molecule has 2 aliphatic heterocycles. The molecule has 0 N–H and O–H groups in total. The molecule has 0 bridgehead atoms. The van der Waals surface area contributed by atoms with Gasteiger partial charge in [-0.2, -0.15) is 0 Å². The molecule has 38 heavy (non-hydrogen) atoms. The maximum absolute atomic E-state index is 4.41. The number of rotatable bonds is 4. The van der Waals surface area contributed by atoms with Gasteiger partial charge in [0.2, 0.25) is 0 Å². The zero-order valence-corrected chi connectivity index (χ0v) is 21.7. The van der Waals surface area contributed by atoms with E-state index in [4.69, 9.17) is 0 Å². The van der Waals surface area contributed by atoms with Crippen molar-refractivity contribution in [1.82, 2.24) is 19.9 Å². The SMILES string of the molecule is c1ncc(-c2c3ccc(N4CCCCC4)cc3c(-c3cncnc3)c3ccc(N4CCCCC4)cc23)cn1. The van der Waals surface area contributed by atoms with Gasteiger partial charge in [0.25, 0.3) is 0 Å². The monoisotopic (exact) mass is 500 g/mol. The largest absolute Gasteiger partial charge is 0.372 e. The third-order valence-electron chi connectivity index (χ3n) is 8.22. The number of anilines is 2. The van der Waals surface area contributed by atoms with Crippen LogP contribution >= 0.6 is 0 Å². The van der Waals surface area contributed by atoms with Crippen molar-refractivity contribution in [3.63, 3.8) is 0 Å². The standard InChI is InChI=1S/C32H32N6/c1-3-11-37(12-4-1)25-7-9-27-29(15-25)31(23-17-33-21-34-18-23)28-10-8-26(38-13-5-2-6-14-38)16-30(28)32(27)24-19-35-22-36-20-24/h7-10,15-22H,1-6,11-14H2. The molecule has 0 radical (unpaired) electrons. The van der Waals surface area contributed by atoms with Gasteiger partial charge in [-0.05, 0) is 84.3 Å². The molecule has 0 spiro atoms. The Hall–Kier alpha value is -4.06. The highest BCUT2D eigenvalue weighted by Gasteiger charge is 2.21. The Labute approximate surface area is 223 Å².